The number of carbonyl (C=O) groups excluding carboxylic acids is 1. The van der Waals surface area contributed by atoms with Crippen LogP contribution < -0.4 is 26.0 Å². The third-order valence-corrected chi connectivity index (χ3v) is 7.49. The van der Waals surface area contributed by atoms with E-state index in [-0.39, 0.29) is 28.9 Å². The van der Waals surface area contributed by atoms with Crippen molar-refractivity contribution in [2.24, 2.45) is 11.1 Å². The van der Waals surface area contributed by atoms with Crippen molar-refractivity contribution in [3.05, 3.63) is 65.6 Å². The van der Waals surface area contributed by atoms with Crippen LogP contribution in [0.3, 0.4) is 0 Å². The summed E-state index contributed by atoms with van der Waals surface area (Å²) in [5.41, 5.74) is 15.8. The Labute approximate surface area is 197 Å². The van der Waals surface area contributed by atoms with Gasteiger partial charge >= 0.3 is 0 Å². The van der Waals surface area contributed by atoms with Gasteiger partial charge in [-0.3, -0.25) is 9.69 Å². The average Bonchev–Trinajstić information content (AvgIpc) is 3.14. The number of benzene rings is 1. The fourth-order valence-electron chi connectivity index (χ4n) is 5.57. The number of hydrogen-bond donors (Lipinski definition) is 2. The molecule has 1 aromatic carbocycles. The molecule has 174 valence electrons. The van der Waals surface area contributed by atoms with Crippen molar-refractivity contribution in [3.8, 4) is 5.75 Å². The zero-order chi connectivity index (χ0) is 23.3. The van der Waals surface area contributed by atoms with Crippen LogP contribution >= 0.6 is 0 Å². The number of fused-ring (bicyclic) bond motifs is 2. The van der Waals surface area contributed by atoms with Gasteiger partial charge in [-0.1, -0.05) is 24.3 Å². The van der Waals surface area contributed by atoms with Crippen LogP contribution in [0.15, 0.2) is 48.8 Å². The van der Waals surface area contributed by atoms with Gasteiger partial charge in [0.15, 0.2) is 23.1 Å². The van der Waals surface area contributed by atoms with Gasteiger partial charge in [-0.2, -0.15) is 0 Å². The van der Waals surface area contributed by atoms with Gasteiger partial charge in [0.25, 0.3) is 5.91 Å². The van der Waals surface area contributed by atoms with Crippen LogP contribution in [0, 0.1) is 5.41 Å². The first kappa shape index (κ1) is 20.9. The maximum absolute atomic E-state index is 13.2. The molecule has 4 N–H and O–H groups in total. The molecular formula is C25H27N7O2. The maximum atomic E-state index is 13.2. The summed E-state index contributed by atoms with van der Waals surface area (Å²) in [6.07, 6.45) is 6.24. The molecule has 9 nitrogen and oxygen atoms in total. The summed E-state index contributed by atoms with van der Waals surface area (Å²) >= 11 is 0. The largest absolute Gasteiger partial charge is 0.488 e. The summed E-state index contributed by atoms with van der Waals surface area (Å²) in [5, 5.41) is 0. The fourth-order valence-corrected chi connectivity index (χ4v) is 5.57. The number of carbonyl (C=O) groups is 1. The van der Waals surface area contributed by atoms with Gasteiger partial charge in [-0.15, -0.1) is 0 Å². The summed E-state index contributed by atoms with van der Waals surface area (Å²) < 4.78 is 5.60. The second-order valence-electron chi connectivity index (χ2n) is 9.30. The molecule has 1 fully saturated rings. The molecule has 0 unspecified atom stereocenters. The van der Waals surface area contributed by atoms with Crippen LogP contribution in [0.2, 0.25) is 0 Å². The summed E-state index contributed by atoms with van der Waals surface area (Å²) in [6, 6.07) is 12.1. The van der Waals surface area contributed by atoms with Gasteiger partial charge in [0.05, 0.1) is 12.7 Å². The summed E-state index contributed by atoms with van der Waals surface area (Å²) in [5.74, 6) is 1.52. The number of aromatic nitrogens is 3. The molecule has 1 atom stereocenters. The first-order valence-electron chi connectivity index (χ1n) is 11.7. The quantitative estimate of drug-likeness (QED) is 0.601. The lowest BCUT2D eigenvalue weighted by molar-refractivity contribution is 0.0971. The number of anilines is 3. The molecule has 3 aliphatic rings. The lowest BCUT2D eigenvalue weighted by atomic mass is 9.73. The highest BCUT2D eigenvalue weighted by Crippen LogP contribution is 2.50. The molecule has 3 aromatic rings. The number of nitrogen functional groups attached to an aromatic ring is 1. The van der Waals surface area contributed by atoms with Crippen molar-refractivity contribution < 1.29 is 9.53 Å². The lowest BCUT2D eigenvalue weighted by Crippen LogP contribution is -2.44. The molecule has 1 aliphatic carbocycles. The predicted octanol–water partition coefficient (Wildman–Crippen LogP) is 2.34. The number of hydrogen-bond acceptors (Lipinski definition) is 8. The van der Waals surface area contributed by atoms with Gasteiger partial charge < -0.3 is 21.1 Å². The number of nitrogens with zero attached hydrogens (tertiary/aromatic N) is 5. The van der Waals surface area contributed by atoms with Gasteiger partial charge in [0, 0.05) is 25.3 Å². The van der Waals surface area contributed by atoms with Crippen molar-refractivity contribution in [2.75, 3.05) is 41.8 Å². The Morgan fingerprint density at radius 2 is 1.91 bits per heavy atom. The van der Waals surface area contributed by atoms with Crippen LogP contribution in [0.1, 0.15) is 40.5 Å². The topological polar surface area (TPSA) is 123 Å². The van der Waals surface area contributed by atoms with E-state index in [1.54, 1.807) is 29.4 Å². The van der Waals surface area contributed by atoms with E-state index in [0.717, 1.165) is 32.4 Å². The van der Waals surface area contributed by atoms with E-state index >= 15 is 0 Å². The van der Waals surface area contributed by atoms with Crippen molar-refractivity contribution in [1.82, 2.24) is 15.0 Å². The molecule has 0 saturated carbocycles. The Kier molecular flexibility index (Phi) is 4.88. The third-order valence-electron chi connectivity index (χ3n) is 7.49. The fraction of sp³-hybridized carbons (Fsp3) is 0.360. The number of rotatable bonds is 2. The number of nitrogens with two attached hydrogens (primary N) is 2. The van der Waals surface area contributed by atoms with E-state index in [0.29, 0.717) is 30.5 Å². The molecular weight excluding hydrogens is 430 g/mol. The predicted molar refractivity (Wildman–Crippen MR) is 129 cm³/mol. The van der Waals surface area contributed by atoms with Crippen molar-refractivity contribution in [3.63, 3.8) is 0 Å². The Bertz CT molecular complexity index is 1260. The first-order valence-corrected chi connectivity index (χ1v) is 11.7. The maximum Gasteiger partial charge on any atom is 0.282 e. The zero-order valence-electron chi connectivity index (χ0n) is 18.9. The highest BCUT2D eigenvalue weighted by Gasteiger charge is 2.46. The minimum atomic E-state index is -0.327. The molecule has 1 amide bonds. The van der Waals surface area contributed by atoms with E-state index in [1.807, 2.05) is 0 Å². The van der Waals surface area contributed by atoms with Gasteiger partial charge in [0.1, 0.15) is 12.4 Å². The number of pyridine rings is 1. The smallest absolute Gasteiger partial charge is 0.282 e. The molecule has 2 aliphatic heterocycles. The van der Waals surface area contributed by atoms with Crippen molar-refractivity contribution in [1.29, 1.82) is 0 Å². The molecule has 9 heteroatoms. The van der Waals surface area contributed by atoms with E-state index in [9.17, 15) is 4.79 Å². The number of ether oxygens (including phenoxy) is 1. The van der Waals surface area contributed by atoms with Gasteiger partial charge in [-0.25, -0.2) is 15.0 Å². The first-order chi connectivity index (χ1) is 16.6. The van der Waals surface area contributed by atoms with Crippen LogP contribution in [-0.4, -0.2) is 47.1 Å². The second-order valence-corrected chi connectivity index (χ2v) is 9.30. The van der Waals surface area contributed by atoms with Gasteiger partial charge in [-0.05, 0) is 47.9 Å². The molecule has 34 heavy (non-hydrogen) atoms. The van der Waals surface area contributed by atoms with Crippen LogP contribution in [0.5, 0.6) is 5.75 Å². The summed E-state index contributed by atoms with van der Waals surface area (Å²) in [4.78, 5) is 30.2. The number of piperidine rings is 1. The molecule has 1 spiro atoms. The summed E-state index contributed by atoms with van der Waals surface area (Å²) in [6.45, 7) is 2.41. The molecule has 1 saturated heterocycles. The molecule has 0 radical (unpaired) electrons. The van der Waals surface area contributed by atoms with Gasteiger partial charge in [0.2, 0.25) is 0 Å². The monoisotopic (exact) mass is 457 g/mol. The van der Waals surface area contributed by atoms with Crippen LogP contribution in [0.25, 0.3) is 0 Å². The SMILES string of the molecule is Nc1nc(N2CCC3(CC2)Cc2ccccc2[C@H]3N)cnc1C(=O)N1CCOc2cccnc21. The van der Waals surface area contributed by atoms with Crippen LogP contribution in [0.4, 0.5) is 17.5 Å². The van der Waals surface area contributed by atoms with Crippen LogP contribution in [-0.2, 0) is 6.42 Å². The lowest BCUT2D eigenvalue weighted by Gasteiger charge is -2.42. The molecule has 0 bridgehead atoms. The highest BCUT2D eigenvalue weighted by molar-refractivity contribution is 6.07. The zero-order valence-corrected chi connectivity index (χ0v) is 18.9. The minimum absolute atomic E-state index is 0.0620. The van der Waals surface area contributed by atoms with Crippen molar-refractivity contribution in [2.45, 2.75) is 25.3 Å². The normalized spacial score (nSPS) is 20.6. The minimum Gasteiger partial charge on any atom is -0.488 e. The Morgan fingerprint density at radius 3 is 2.71 bits per heavy atom. The van der Waals surface area contributed by atoms with E-state index in [1.165, 1.54) is 11.1 Å². The Morgan fingerprint density at radius 1 is 1.09 bits per heavy atom. The van der Waals surface area contributed by atoms with E-state index < -0.39 is 0 Å². The Balaban J connectivity index is 1.18. The highest BCUT2D eigenvalue weighted by atomic mass is 16.5. The Hall–Kier alpha value is -3.72. The van der Waals surface area contributed by atoms with E-state index in [2.05, 4.69) is 44.1 Å². The average molecular weight is 458 g/mol. The third kappa shape index (κ3) is 3.27. The summed E-state index contributed by atoms with van der Waals surface area (Å²) in [7, 11) is 0. The van der Waals surface area contributed by atoms with Crippen molar-refractivity contribution >= 4 is 23.4 Å². The molecule has 4 heterocycles. The second kappa shape index (κ2) is 7.95. The molecule has 6 rings (SSSR count). The number of amides is 1. The molecule has 2 aromatic heterocycles. The van der Waals surface area contributed by atoms with E-state index in [4.69, 9.17) is 16.2 Å². The standard InChI is InChI=1S/C25H27N7O2/c26-21-17-5-2-1-4-16(17)14-25(21)7-10-31(11-8-25)19-15-29-20(22(27)30-19)24(33)32-12-13-34-18-6-3-9-28-23(18)32/h1-6,9,15,21H,7-8,10-14,26H2,(H2,27,30)/t21-/m1/s1.